The smallest absolute Gasteiger partial charge is 0.253 e. The molecule has 0 saturated carbocycles. The normalized spacial score (nSPS) is 14.5. The highest BCUT2D eigenvalue weighted by molar-refractivity contribution is 7.14. The van der Waals surface area contributed by atoms with Crippen LogP contribution in [0, 0.1) is 5.92 Å². The summed E-state index contributed by atoms with van der Waals surface area (Å²) < 4.78 is 0. The fourth-order valence-electron chi connectivity index (χ4n) is 3.70. The van der Waals surface area contributed by atoms with Crippen molar-refractivity contribution < 1.29 is 9.59 Å². The summed E-state index contributed by atoms with van der Waals surface area (Å²) in [7, 11) is 0. The zero-order chi connectivity index (χ0) is 21.8. The van der Waals surface area contributed by atoms with Crippen molar-refractivity contribution >= 4 is 39.9 Å². The van der Waals surface area contributed by atoms with Crippen molar-refractivity contribution in [2.24, 2.45) is 5.92 Å². The lowest BCUT2D eigenvalue weighted by atomic mass is 9.95. The maximum absolute atomic E-state index is 12.7. The minimum absolute atomic E-state index is 0.0193. The van der Waals surface area contributed by atoms with Crippen molar-refractivity contribution in [2.75, 3.05) is 18.4 Å². The van der Waals surface area contributed by atoms with Crippen LogP contribution in [-0.2, 0) is 11.2 Å². The average Bonchev–Trinajstić information content (AvgIpc) is 3.27. The van der Waals surface area contributed by atoms with Gasteiger partial charge in [0.15, 0.2) is 5.13 Å². The first-order valence-corrected chi connectivity index (χ1v) is 11.7. The number of nitrogens with one attached hydrogen (secondary N) is 1. The molecule has 1 aliphatic heterocycles. The van der Waals surface area contributed by atoms with Crippen LogP contribution >= 0.6 is 22.9 Å². The largest absolute Gasteiger partial charge is 0.339 e. The highest BCUT2D eigenvalue weighted by Gasteiger charge is 2.28. The van der Waals surface area contributed by atoms with E-state index in [-0.39, 0.29) is 17.7 Å². The molecule has 2 aromatic carbocycles. The summed E-state index contributed by atoms with van der Waals surface area (Å²) in [6, 6.07) is 15.2. The number of benzene rings is 2. The fraction of sp³-hybridized carbons (Fsp3) is 0.292. The predicted octanol–water partition coefficient (Wildman–Crippen LogP) is 5.52. The van der Waals surface area contributed by atoms with E-state index in [4.69, 9.17) is 11.6 Å². The zero-order valence-electron chi connectivity index (χ0n) is 17.3. The van der Waals surface area contributed by atoms with E-state index in [2.05, 4.69) is 41.5 Å². The Kier molecular flexibility index (Phi) is 6.68. The molecule has 1 N–H and O–H groups in total. The van der Waals surface area contributed by atoms with Crippen LogP contribution in [0.1, 0.15) is 35.7 Å². The Morgan fingerprint density at radius 1 is 1.10 bits per heavy atom. The van der Waals surface area contributed by atoms with E-state index in [0.29, 0.717) is 41.6 Å². The summed E-state index contributed by atoms with van der Waals surface area (Å²) in [5, 5.41) is 6.14. The third-order valence-corrected chi connectivity index (χ3v) is 6.65. The highest BCUT2D eigenvalue weighted by atomic mass is 35.5. The minimum Gasteiger partial charge on any atom is -0.339 e. The van der Waals surface area contributed by atoms with Crippen molar-refractivity contribution in [3.8, 4) is 11.3 Å². The number of hydrogen-bond acceptors (Lipinski definition) is 4. The molecule has 0 aliphatic carbocycles. The third-order valence-electron chi connectivity index (χ3n) is 5.64. The number of piperidine rings is 1. The quantitative estimate of drug-likeness (QED) is 0.553. The Morgan fingerprint density at radius 3 is 2.42 bits per heavy atom. The number of likely N-dealkylation sites (tertiary alicyclic amines) is 1. The molecule has 0 unspecified atom stereocenters. The number of hydrogen-bond donors (Lipinski definition) is 1. The van der Waals surface area contributed by atoms with Gasteiger partial charge in [-0.25, -0.2) is 4.98 Å². The van der Waals surface area contributed by atoms with Gasteiger partial charge in [-0.1, -0.05) is 42.8 Å². The third kappa shape index (κ3) is 5.14. The van der Waals surface area contributed by atoms with Crippen molar-refractivity contribution in [3.05, 3.63) is 70.1 Å². The lowest BCUT2D eigenvalue weighted by molar-refractivity contribution is -0.121. The van der Waals surface area contributed by atoms with Gasteiger partial charge in [0, 0.05) is 40.5 Å². The molecular formula is C24H24ClN3O2S. The minimum atomic E-state index is -0.120. The Balaban J connectivity index is 1.31. The van der Waals surface area contributed by atoms with E-state index in [9.17, 15) is 9.59 Å². The van der Waals surface area contributed by atoms with Crippen LogP contribution in [0.3, 0.4) is 0 Å². The second-order valence-corrected chi connectivity index (χ2v) is 8.95. The topological polar surface area (TPSA) is 62.3 Å². The summed E-state index contributed by atoms with van der Waals surface area (Å²) in [5.41, 5.74) is 3.82. The fourth-order valence-corrected chi connectivity index (χ4v) is 4.55. The molecule has 1 saturated heterocycles. The van der Waals surface area contributed by atoms with Crippen molar-refractivity contribution in [3.63, 3.8) is 0 Å². The summed E-state index contributed by atoms with van der Waals surface area (Å²) in [5.74, 6) is -0.166. The number of carbonyl (C=O) groups excluding carboxylic acids is 2. The highest BCUT2D eigenvalue weighted by Crippen LogP contribution is 2.27. The molecule has 160 valence electrons. The first-order chi connectivity index (χ1) is 15.0. The van der Waals surface area contributed by atoms with Gasteiger partial charge < -0.3 is 10.2 Å². The number of aromatic nitrogens is 1. The van der Waals surface area contributed by atoms with E-state index in [1.165, 1.54) is 16.9 Å². The van der Waals surface area contributed by atoms with Gasteiger partial charge in [0.05, 0.1) is 5.69 Å². The Labute approximate surface area is 191 Å². The van der Waals surface area contributed by atoms with E-state index in [1.54, 1.807) is 29.2 Å². The van der Waals surface area contributed by atoms with Crippen LogP contribution in [0.2, 0.25) is 5.02 Å². The van der Waals surface area contributed by atoms with Gasteiger partial charge in [0.25, 0.3) is 5.91 Å². The molecule has 7 heteroatoms. The number of carbonyl (C=O) groups is 2. The lowest BCUT2D eigenvalue weighted by Crippen LogP contribution is -2.41. The first kappa shape index (κ1) is 21.5. The molecule has 1 fully saturated rings. The molecule has 1 aromatic heterocycles. The maximum Gasteiger partial charge on any atom is 0.253 e. The van der Waals surface area contributed by atoms with Gasteiger partial charge in [-0.05, 0) is 49.1 Å². The van der Waals surface area contributed by atoms with Crippen LogP contribution in [0.4, 0.5) is 5.13 Å². The van der Waals surface area contributed by atoms with E-state index < -0.39 is 0 Å². The second kappa shape index (κ2) is 9.62. The molecule has 31 heavy (non-hydrogen) atoms. The number of aryl methyl sites for hydroxylation is 1. The van der Waals surface area contributed by atoms with Gasteiger partial charge in [-0.15, -0.1) is 11.3 Å². The van der Waals surface area contributed by atoms with Crippen LogP contribution in [-0.4, -0.2) is 34.8 Å². The van der Waals surface area contributed by atoms with Crippen molar-refractivity contribution in [1.29, 1.82) is 0 Å². The van der Waals surface area contributed by atoms with E-state index in [1.807, 2.05) is 5.38 Å². The molecule has 1 aliphatic rings. The van der Waals surface area contributed by atoms with Crippen molar-refractivity contribution in [2.45, 2.75) is 26.2 Å². The Morgan fingerprint density at radius 2 is 1.77 bits per heavy atom. The van der Waals surface area contributed by atoms with E-state index >= 15 is 0 Å². The molecule has 4 rings (SSSR count). The van der Waals surface area contributed by atoms with Crippen LogP contribution < -0.4 is 5.32 Å². The standard InChI is InChI=1S/C24H24ClN3O2S/c1-2-16-3-5-17(6-4-16)21-15-31-24(26-21)27-22(29)18-11-13-28(14-12-18)23(30)19-7-9-20(25)10-8-19/h3-10,15,18H,2,11-14H2,1H3,(H,26,27,29). The van der Waals surface area contributed by atoms with E-state index in [0.717, 1.165) is 17.7 Å². The molecule has 0 spiro atoms. The van der Waals surface area contributed by atoms with Gasteiger partial charge >= 0.3 is 0 Å². The molecule has 0 bridgehead atoms. The molecule has 3 aromatic rings. The SMILES string of the molecule is CCc1ccc(-c2csc(NC(=O)C3CCN(C(=O)c4ccc(Cl)cc4)CC3)n2)cc1. The van der Waals surface area contributed by atoms with Crippen molar-refractivity contribution in [1.82, 2.24) is 9.88 Å². The number of thiazole rings is 1. The molecule has 2 amide bonds. The number of halogens is 1. The average molecular weight is 454 g/mol. The Hall–Kier alpha value is -2.70. The van der Waals surface area contributed by atoms with Crippen LogP contribution in [0.25, 0.3) is 11.3 Å². The summed E-state index contributed by atoms with van der Waals surface area (Å²) in [6.07, 6.45) is 2.28. The molecule has 0 atom stereocenters. The number of anilines is 1. The molecular weight excluding hydrogens is 430 g/mol. The maximum atomic E-state index is 12.7. The number of rotatable bonds is 5. The summed E-state index contributed by atoms with van der Waals surface area (Å²) in [6.45, 7) is 3.25. The molecule has 0 radical (unpaired) electrons. The summed E-state index contributed by atoms with van der Waals surface area (Å²) >= 11 is 7.33. The number of amides is 2. The first-order valence-electron chi connectivity index (χ1n) is 10.4. The number of nitrogens with zero attached hydrogens (tertiary/aromatic N) is 2. The van der Waals surface area contributed by atoms with Gasteiger partial charge in [0.2, 0.25) is 5.91 Å². The van der Waals surface area contributed by atoms with Gasteiger partial charge in [-0.2, -0.15) is 0 Å². The van der Waals surface area contributed by atoms with Gasteiger partial charge in [0.1, 0.15) is 0 Å². The van der Waals surface area contributed by atoms with Crippen LogP contribution in [0.5, 0.6) is 0 Å². The second-order valence-electron chi connectivity index (χ2n) is 7.65. The van der Waals surface area contributed by atoms with Gasteiger partial charge in [-0.3, -0.25) is 9.59 Å². The van der Waals surface area contributed by atoms with Crippen LogP contribution in [0.15, 0.2) is 53.9 Å². The Bertz CT molecular complexity index is 1060. The molecule has 2 heterocycles. The monoisotopic (exact) mass is 453 g/mol. The molecule has 5 nitrogen and oxygen atoms in total. The summed E-state index contributed by atoms with van der Waals surface area (Å²) in [4.78, 5) is 31.7. The lowest BCUT2D eigenvalue weighted by Gasteiger charge is -2.31. The zero-order valence-corrected chi connectivity index (χ0v) is 18.9. The predicted molar refractivity (Wildman–Crippen MR) is 126 cm³/mol.